The monoisotopic (exact) mass is 282 g/mol. The third-order valence-corrected chi connectivity index (χ3v) is 4.34. The summed E-state index contributed by atoms with van der Waals surface area (Å²) in [4.78, 5) is 27.9. The number of hydrogen-bond donors (Lipinski definition) is 0. The summed E-state index contributed by atoms with van der Waals surface area (Å²) >= 11 is 0. The molecular weight excluding hydrogens is 256 g/mol. The lowest BCUT2D eigenvalue weighted by Gasteiger charge is -2.21. The van der Waals surface area contributed by atoms with Crippen LogP contribution in [0.3, 0.4) is 0 Å². The molecule has 2 aliphatic heterocycles. The van der Waals surface area contributed by atoms with Gasteiger partial charge < -0.3 is 14.5 Å². The number of nitrogens with zero attached hydrogens (tertiary/aromatic N) is 2. The van der Waals surface area contributed by atoms with Crippen LogP contribution in [0.5, 0.6) is 0 Å². The van der Waals surface area contributed by atoms with E-state index in [0.29, 0.717) is 19.4 Å². The van der Waals surface area contributed by atoms with Crippen LogP contribution < -0.4 is 0 Å². The molecule has 0 aromatic carbocycles. The SMILES string of the molecule is COC1CCN(C(=O)CCC(=O)N2CCCCCC2)C1. The summed E-state index contributed by atoms with van der Waals surface area (Å²) in [6, 6.07) is 0. The number of methoxy groups -OCH3 is 1. The molecule has 0 saturated carbocycles. The second-order valence-electron chi connectivity index (χ2n) is 5.78. The van der Waals surface area contributed by atoms with E-state index in [9.17, 15) is 9.59 Å². The molecule has 5 heteroatoms. The molecule has 2 amide bonds. The van der Waals surface area contributed by atoms with Gasteiger partial charge in [-0.3, -0.25) is 9.59 Å². The van der Waals surface area contributed by atoms with Crippen LogP contribution in [0.2, 0.25) is 0 Å². The zero-order chi connectivity index (χ0) is 14.4. The molecular formula is C15H26N2O3. The second-order valence-corrected chi connectivity index (χ2v) is 5.78. The predicted molar refractivity (Wildman–Crippen MR) is 76.3 cm³/mol. The highest BCUT2D eigenvalue weighted by Crippen LogP contribution is 2.15. The maximum atomic E-state index is 12.1. The summed E-state index contributed by atoms with van der Waals surface area (Å²) < 4.78 is 5.26. The predicted octanol–water partition coefficient (Wildman–Crippen LogP) is 1.42. The maximum absolute atomic E-state index is 12.1. The second kappa shape index (κ2) is 7.62. The summed E-state index contributed by atoms with van der Waals surface area (Å²) in [5.41, 5.74) is 0. The Bertz CT molecular complexity index is 338. The van der Waals surface area contributed by atoms with Crippen molar-refractivity contribution in [3.63, 3.8) is 0 Å². The zero-order valence-electron chi connectivity index (χ0n) is 12.5. The Hall–Kier alpha value is -1.10. The van der Waals surface area contributed by atoms with Crippen molar-refractivity contribution < 1.29 is 14.3 Å². The minimum atomic E-state index is 0.0905. The van der Waals surface area contributed by atoms with Crippen LogP contribution in [0.15, 0.2) is 0 Å². The van der Waals surface area contributed by atoms with Gasteiger partial charge in [0.2, 0.25) is 11.8 Å². The fourth-order valence-electron chi connectivity index (χ4n) is 3.00. The Kier molecular flexibility index (Phi) is 5.83. The van der Waals surface area contributed by atoms with E-state index < -0.39 is 0 Å². The standard InChI is InChI=1S/C15H26N2O3/c1-20-13-8-11-17(12-13)15(19)7-6-14(18)16-9-4-2-3-5-10-16/h13H,2-12H2,1H3. The topological polar surface area (TPSA) is 49.9 Å². The molecule has 1 unspecified atom stereocenters. The van der Waals surface area contributed by atoms with Crippen molar-refractivity contribution in [2.45, 2.75) is 51.0 Å². The molecule has 5 nitrogen and oxygen atoms in total. The van der Waals surface area contributed by atoms with Crippen molar-refractivity contribution in [2.75, 3.05) is 33.3 Å². The van der Waals surface area contributed by atoms with Crippen LogP contribution in [-0.2, 0) is 14.3 Å². The first-order valence-electron chi connectivity index (χ1n) is 7.79. The van der Waals surface area contributed by atoms with Gasteiger partial charge >= 0.3 is 0 Å². The minimum Gasteiger partial charge on any atom is -0.380 e. The molecule has 0 aliphatic carbocycles. The van der Waals surface area contributed by atoms with Gasteiger partial charge in [0.25, 0.3) is 0 Å². The van der Waals surface area contributed by atoms with Crippen molar-refractivity contribution in [3.05, 3.63) is 0 Å². The maximum Gasteiger partial charge on any atom is 0.223 e. The van der Waals surface area contributed by atoms with E-state index in [1.165, 1.54) is 12.8 Å². The first-order chi connectivity index (χ1) is 9.70. The van der Waals surface area contributed by atoms with Gasteiger partial charge in [-0.05, 0) is 19.3 Å². The normalized spacial score (nSPS) is 23.8. The van der Waals surface area contributed by atoms with Gasteiger partial charge in [-0.1, -0.05) is 12.8 Å². The van der Waals surface area contributed by atoms with E-state index in [1.807, 2.05) is 9.80 Å². The highest BCUT2D eigenvalue weighted by molar-refractivity contribution is 5.84. The van der Waals surface area contributed by atoms with Crippen molar-refractivity contribution >= 4 is 11.8 Å². The number of carbonyl (C=O) groups is 2. The fourth-order valence-corrected chi connectivity index (χ4v) is 3.00. The minimum absolute atomic E-state index is 0.0905. The van der Waals surface area contributed by atoms with Crippen LogP contribution in [0.25, 0.3) is 0 Å². The van der Waals surface area contributed by atoms with E-state index in [1.54, 1.807) is 7.11 Å². The van der Waals surface area contributed by atoms with E-state index in [-0.39, 0.29) is 17.9 Å². The highest BCUT2D eigenvalue weighted by Gasteiger charge is 2.26. The fraction of sp³-hybridized carbons (Fsp3) is 0.867. The number of rotatable bonds is 4. The molecule has 2 saturated heterocycles. The molecule has 2 fully saturated rings. The van der Waals surface area contributed by atoms with Crippen molar-refractivity contribution in [3.8, 4) is 0 Å². The molecule has 114 valence electrons. The van der Waals surface area contributed by atoms with Gasteiger partial charge in [-0.2, -0.15) is 0 Å². The third-order valence-electron chi connectivity index (χ3n) is 4.34. The van der Waals surface area contributed by atoms with Gasteiger partial charge in [-0.15, -0.1) is 0 Å². The Morgan fingerprint density at radius 1 is 0.950 bits per heavy atom. The Balaban J connectivity index is 1.71. The molecule has 0 radical (unpaired) electrons. The Morgan fingerprint density at radius 3 is 2.10 bits per heavy atom. The lowest BCUT2D eigenvalue weighted by Crippen LogP contribution is -2.34. The average molecular weight is 282 g/mol. The summed E-state index contributed by atoms with van der Waals surface area (Å²) in [6.45, 7) is 3.16. The van der Waals surface area contributed by atoms with Gasteiger partial charge in [-0.25, -0.2) is 0 Å². The van der Waals surface area contributed by atoms with E-state index in [2.05, 4.69) is 0 Å². The quantitative estimate of drug-likeness (QED) is 0.783. The average Bonchev–Trinajstić information content (AvgIpc) is 2.78. The van der Waals surface area contributed by atoms with Gasteiger partial charge in [0.05, 0.1) is 6.10 Å². The summed E-state index contributed by atoms with van der Waals surface area (Å²) in [5, 5.41) is 0. The number of hydrogen-bond acceptors (Lipinski definition) is 3. The van der Waals surface area contributed by atoms with E-state index >= 15 is 0 Å². The molecule has 0 N–H and O–H groups in total. The van der Waals surface area contributed by atoms with Crippen LogP contribution in [-0.4, -0.2) is 61.0 Å². The lowest BCUT2D eigenvalue weighted by atomic mass is 10.2. The molecule has 20 heavy (non-hydrogen) atoms. The van der Waals surface area contributed by atoms with Gasteiger partial charge in [0.15, 0.2) is 0 Å². The number of likely N-dealkylation sites (tertiary alicyclic amines) is 2. The number of amides is 2. The van der Waals surface area contributed by atoms with Crippen molar-refractivity contribution in [1.29, 1.82) is 0 Å². The number of carbonyl (C=O) groups excluding carboxylic acids is 2. The third kappa shape index (κ3) is 4.20. The first kappa shape index (κ1) is 15.3. The Labute approximate surface area is 121 Å². The Morgan fingerprint density at radius 2 is 1.55 bits per heavy atom. The number of ether oxygens (including phenoxy) is 1. The van der Waals surface area contributed by atoms with E-state index in [4.69, 9.17) is 4.74 Å². The smallest absolute Gasteiger partial charge is 0.223 e. The molecule has 2 heterocycles. The van der Waals surface area contributed by atoms with Crippen molar-refractivity contribution in [1.82, 2.24) is 9.80 Å². The van der Waals surface area contributed by atoms with Crippen LogP contribution in [0.4, 0.5) is 0 Å². The van der Waals surface area contributed by atoms with Crippen molar-refractivity contribution in [2.24, 2.45) is 0 Å². The molecule has 0 bridgehead atoms. The molecule has 2 rings (SSSR count). The van der Waals surface area contributed by atoms with E-state index in [0.717, 1.165) is 38.9 Å². The highest BCUT2D eigenvalue weighted by atomic mass is 16.5. The molecule has 0 aromatic heterocycles. The largest absolute Gasteiger partial charge is 0.380 e. The first-order valence-corrected chi connectivity index (χ1v) is 7.79. The summed E-state index contributed by atoms with van der Waals surface area (Å²) in [6.07, 6.45) is 6.40. The van der Waals surface area contributed by atoms with Crippen LogP contribution in [0.1, 0.15) is 44.9 Å². The van der Waals surface area contributed by atoms with Gasteiger partial charge in [0.1, 0.15) is 0 Å². The molecule has 1 atom stereocenters. The molecule has 0 spiro atoms. The van der Waals surface area contributed by atoms with Crippen LogP contribution in [0, 0.1) is 0 Å². The van der Waals surface area contributed by atoms with Crippen LogP contribution >= 0.6 is 0 Å². The summed E-state index contributed by atoms with van der Waals surface area (Å²) in [7, 11) is 1.68. The van der Waals surface area contributed by atoms with Gasteiger partial charge in [0, 0.05) is 46.1 Å². The zero-order valence-corrected chi connectivity index (χ0v) is 12.5. The summed E-state index contributed by atoms with van der Waals surface area (Å²) in [5.74, 6) is 0.232. The molecule has 0 aromatic rings. The molecule has 2 aliphatic rings. The lowest BCUT2D eigenvalue weighted by molar-refractivity contribution is -0.136.